The zero-order valence-corrected chi connectivity index (χ0v) is 16.9. The van der Waals surface area contributed by atoms with Crippen LogP contribution in [0.4, 0.5) is 0 Å². The van der Waals surface area contributed by atoms with Crippen molar-refractivity contribution in [2.45, 2.75) is 42.6 Å². The zero-order valence-electron chi connectivity index (χ0n) is 16.0. The fraction of sp³-hybridized carbons (Fsp3) is 0.318. The summed E-state index contributed by atoms with van der Waals surface area (Å²) in [6.07, 6.45) is 4.33. The predicted molar refractivity (Wildman–Crippen MR) is 114 cm³/mol. The molecule has 0 atom stereocenters. The highest BCUT2D eigenvalue weighted by molar-refractivity contribution is 7.98. The maximum absolute atomic E-state index is 13.2. The van der Waals surface area contributed by atoms with Crippen molar-refractivity contribution in [3.63, 3.8) is 0 Å². The SMILES string of the molecule is NC(=O)COc1cccc(CSc2nc3ccccc3c(=O)n2C2CCCC2)c1. The number of rotatable bonds is 7. The van der Waals surface area contributed by atoms with E-state index in [2.05, 4.69) is 0 Å². The molecule has 1 aliphatic rings. The first-order chi connectivity index (χ1) is 14.1. The third kappa shape index (κ3) is 4.45. The second-order valence-electron chi connectivity index (χ2n) is 7.22. The molecule has 150 valence electrons. The van der Waals surface area contributed by atoms with E-state index < -0.39 is 5.91 Å². The first kappa shape index (κ1) is 19.5. The Balaban J connectivity index is 1.62. The molecule has 0 unspecified atom stereocenters. The molecule has 0 aliphatic heterocycles. The van der Waals surface area contributed by atoms with Gasteiger partial charge in [-0.15, -0.1) is 0 Å². The van der Waals surface area contributed by atoms with Crippen LogP contribution >= 0.6 is 11.8 Å². The third-order valence-corrected chi connectivity index (χ3v) is 6.14. The lowest BCUT2D eigenvalue weighted by Crippen LogP contribution is -2.26. The van der Waals surface area contributed by atoms with E-state index in [4.69, 9.17) is 15.5 Å². The molecule has 0 bridgehead atoms. The molecule has 2 N–H and O–H groups in total. The summed E-state index contributed by atoms with van der Waals surface area (Å²) in [5.74, 6) is 0.734. The van der Waals surface area contributed by atoms with Gasteiger partial charge >= 0.3 is 0 Å². The molecule has 1 amide bonds. The van der Waals surface area contributed by atoms with Gasteiger partial charge < -0.3 is 10.5 Å². The summed E-state index contributed by atoms with van der Waals surface area (Å²) in [5, 5.41) is 1.43. The summed E-state index contributed by atoms with van der Waals surface area (Å²) >= 11 is 1.55. The van der Waals surface area contributed by atoms with Crippen molar-refractivity contribution in [1.82, 2.24) is 9.55 Å². The van der Waals surface area contributed by atoms with Crippen molar-refractivity contribution in [2.24, 2.45) is 5.73 Å². The lowest BCUT2D eigenvalue weighted by atomic mass is 10.2. The van der Waals surface area contributed by atoms with Crippen LogP contribution in [0, 0.1) is 0 Å². The Morgan fingerprint density at radius 3 is 2.76 bits per heavy atom. The van der Waals surface area contributed by atoms with Crippen LogP contribution in [-0.4, -0.2) is 22.1 Å². The van der Waals surface area contributed by atoms with Crippen molar-refractivity contribution >= 4 is 28.6 Å². The van der Waals surface area contributed by atoms with Crippen LogP contribution in [0.1, 0.15) is 37.3 Å². The van der Waals surface area contributed by atoms with Gasteiger partial charge in [-0.1, -0.05) is 48.9 Å². The van der Waals surface area contributed by atoms with Gasteiger partial charge in [0, 0.05) is 11.8 Å². The molecule has 2 aromatic carbocycles. The van der Waals surface area contributed by atoms with Crippen molar-refractivity contribution < 1.29 is 9.53 Å². The molecule has 1 heterocycles. The van der Waals surface area contributed by atoms with Crippen LogP contribution in [0.3, 0.4) is 0 Å². The number of hydrogen-bond donors (Lipinski definition) is 1. The van der Waals surface area contributed by atoms with E-state index in [1.807, 2.05) is 47.0 Å². The highest BCUT2D eigenvalue weighted by Crippen LogP contribution is 2.33. The number of hydrogen-bond acceptors (Lipinski definition) is 5. The standard InChI is InChI=1S/C22H23N3O3S/c23-20(26)13-28-17-9-5-6-15(12-17)14-29-22-24-19-11-4-3-10-18(19)21(27)25(22)16-7-1-2-8-16/h3-6,9-12,16H,1-2,7-8,13-14H2,(H2,23,26). The number of fused-ring (bicyclic) bond motifs is 1. The Hall–Kier alpha value is -2.80. The quantitative estimate of drug-likeness (QED) is 0.475. The molecule has 0 saturated heterocycles. The minimum Gasteiger partial charge on any atom is -0.484 e. The number of primary amides is 1. The molecule has 29 heavy (non-hydrogen) atoms. The number of ether oxygens (including phenoxy) is 1. The van der Waals surface area contributed by atoms with E-state index in [0.29, 0.717) is 16.9 Å². The number of para-hydroxylation sites is 1. The maximum Gasteiger partial charge on any atom is 0.262 e. The van der Waals surface area contributed by atoms with Gasteiger partial charge in [0.1, 0.15) is 5.75 Å². The van der Waals surface area contributed by atoms with Gasteiger partial charge in [-0.3, -0.25) is 14.2 Å². The van der Waals surface area contributed by atoms with Crippen LogP contribution in [0.25, 0.3) is 10.9 Å². The Kier molecular flexibility index (Phi) is 5.85. The predicted octanol–water partition coefficient (Wildman–Crippen LogP) is 3.67. The van der Waals surface area contributed by atoms with Crippen LogP contribution < -0.4 is 16.0 Å². The number of nitrogens with zero attached hydrogens (tertiary/aromatic N) is 2. The number of nitrogens with two attached hydrogens (primary N) is 1. The summed E-state index contributed by atoms with van der Waals surface area (Å²) < 4.78 is 7.28. The van der Waals surface area contributed by atoms with Crippen molar-refractivity contribution in [1.29, 1.82) is 0 Å². The van der Waals surface area contributed by atoms with E-state index in [9.17, 15) is 9.59 Å². The normalized spacial score (nSPS) is 14.3. The van der Waals surface area contributed by atoms with Gasteiger partial charge in [0.05, 0.1) is 10.9 Å². The minimum atomic E-state index is -0.509. The number of amides is 1. The van der Waals surface area contributed by atoms with Gasteiger partial charge in [-0.25, -0.2) is 4.98 Å². The van der Waals surface area contributed by atoms with E-state index in [-0.39, 0.29) is 18.2 Å². The van der Waals surface area contributed by atoms with Gasteiger partial charge in [0.15, 0.2) is 11.8 Å². The Morgan fingerprint density at radius 1 is 1.17 bits per heavy atom. The number of aromatic nitrogens is 2. The smallest absolute Gasteiger partial charge is 0.262 e. The first-order valence-corrected chi connectivity index (χ1v) is 10.7. The highest BCUT2D eigenvalue weighted by Gasteiger charge is 2.23. The number of thioether (sulfide) groups is 1. The molecule has 6 nitrogen and oxygen atoms in total. The maximum atomic E-state index is 13.2. The Morgan fingerprint density at radius 2 is 1.97 bits per heavy atom. The second-order valence-corrected chi connectivity index (χ2v) is 8.16. The van der Waals surface area contributed by atoms with Gasteiger partial charge in [-0.05, 0) is 42.7 Å². The molecule has 1 saturated carbocycles. The molecule has 1 fully saturated rings. The van der Waals surface area contributed by atoms with Crippen molar-refractivity contribution in [2.75, 3.05) is 6.61 Å². The fourth-order valence-electron chi connectivity index (χ4n) is 3.74. The molecule has 4 rings (SSSR count). The fourth-order valence-corrected chi connectivity index (χ4v) is 4.75. The second kappa shape index (κ2) is 8.69. The monoisotopic (exact) mass is 409 g/mol. The van der Waals surface area contributed by atoms with Crippen LogP contribution in [0.2, 0.25) is 0 Å². The lowest BCUT2D eigenvalue weighted by molar-refractivity contribution is -0.119. The van der Waals surface area contributed by atoms with Crippen LogP contribution in [0.5, 0.6) is 5.75 Å². The van der Waals surface area contributed by atoms with Crippen LogP contribution in [-0.2, 0) is 10.5 Å². The minimum absolute atomic E-state index is 0.0449. The van der Waals surface area contributed by atoms with Gasteiger partial charge in [0.25, 0.3) is 11.5 Å². The largest absolute Gasteiger partial charge is 0.484 e. The molecule has 0 radical (unpaired) electrons. The molecular formula is C22H23N3O3S. The summed E-state index contributed by atoms with van der Waals surface area (Å²) in [4.78, 5) is 28.9. The average molecular weight is 410 g/mol. The van der Waals surface area contributed by atoms with Gasteiger partial charge in [0.2, 0.25) is 0 Å². The Labute approximate surface area is 173 Å². The number of benzene rings is 2. The van der Waals surface area contributed by atoms with E-state index in [1.165, 1.54) is 0 Å². The molecule has 7 heteroatoms. The van der Waals surface area contributed by atoms with Crippen molar-refractivity contribution in [3.8, 4) is 5.75 Å². The average Bonchev–Trinajstić information content (AvgIpc) is 3.25. The number of carbonyl (C=O) groups is 1. The topological polar surface area (TPSA) is 87.2 Å². The molecular weight excluding hydrogens is 386 g/mol. The van der Waals surface area contributed by atoms with E-state index >= 15 is 0 Å². The van der Waals surface area contributed by atoms with Crippen molar-refractivity contribution in [3.05, 3.63) is 64.4 Å². The molecule has 3 aromatic rings. The highest BCUT2D eigenvalue weighted by atomic mass is 32.2. The summed E-state index contributed by atoms with van der Waals surface area (Å²) in [6.45, 7) is -0.149. The van der Waals surface area contributed by atoms with Crippen LogP contribution in [0.15, 0.2) is 58.5 Å². The molecule has 0 spiro atoms. The lowest BCUT2D eigenvalue weighted by Gasteiger charge is -2.18. The molecule has 1 aliphatic carbocycles. The zero-order chi connectivity index (χ0) is 20.2. The summed E-state index contributed by atoms with van der Waals surface area (Å²) in [5.41, 5.74) is 6.94. The summed E-state index contributed by atoms with van der Waals surface area (Å²) in [6, 6.07) is 15.3. The first-order valence-electron chi connectivity index (χ1n) is 9.76. The van der Waals surface area contributed by atoms with E-state index in [0.717, 1.165) is 41.9 Å². The van der Waals surface area contributed by atoms with E-state index in [1.54, 1.807) is 17.8 Å². The third-order valence-electron chi connectivity index (χ3n) is 5.11. The van der Waals surface area contributed by atoms with Gasteiger partial charge in [-0.2, -0.15) is 0 Å². The number of carbonyl (C=O) groups excluding carboxylic acids is 1. The Bertz CT molecular complexity index is 1090. The molecule has 1 aromatic heterocycles. The summed E-state index contributed by atoms with van der Waals surface area (Å²) in [7, 11) is 0.